The average Bonchev–Trinajstić information content (AvgIpc) is 3.23. The molecule has 2 heterocycles. The first-order valence-corrected chi connectivity index (χ1v) is 11.8. The van der Waals surface area contributed by atoms with Crippen molar-refractivity contribution in [2.24, 2.45) is 5.73 Å². The number of nitrogens with zero attached hydrogens (tertiary/aromatic N) is 3. The van der Waals surface area contributed by atoms with E-state index in [1.165, 1.54) is 4.68 Å². The zero-order valence-corrected chi connectivity index (χ0v) is 21.3. The summed E-state index contributed by atoms with van der Waals surface area (Å²) in [5.74, 6) is -1.45. The Balaban J connectivity index is 1.75. The van der Waals surface area contributed by atoms with Gasteiger partial charge in [0.1, 0.15) is 11.3 Å². The maximum atomic E-state index is 13.2. The van der Waals surface area contributed by atoms with E-state index in [1.807, 2.05) is 30.3 Å². The van der Waals surface area contributed by atoms with E-state index in [1.54, 1.807) is 62.9 Å². The number of aryl methyl sites for hydroxylation is 1. The van der Waals surface area contributed by atoms with Gasteiger partial charge in [-0.3, -0.25) is 14.9 Å². The van der Waals surface area contributed by atoms with Crippen LogP contribution in [-0.4, -0.2) is 50.5 Å². The highest BCUT2D eigenvalue weighted by atomic mass is 16.6. The summed E-state index contributed by atoms with van der Waals surface area (Å²) >= 11 is 0. The fraction of sp³-hybridized carbons (Fsp3) is 0.346. The molecular weight excluding hydrogens is 476 g/mol. The number of benzene rings is 1. The van der Waals surface area contributed by atoms with Crippen LogP contribution < -0.4 is 20.9 Å². The Morgan fingerprint density at radius 3 is 2.38 bits per heavy atom. The van der Waals surface area contributed by atoms with Gasteiger partial charge in [0.25, 0.3) is 5.91 Å². The summed E-state index contributed by atoms with van der Waals surface area (Å²) in [7, 11) is 0. The van der Waals surface area contributed by atoms with Crippen molar-refractivity contribution < 1.29 is 28.8 Å². The Bertz CT molecular complexity index is 1230. The van der Waals surface area contributed by atoms with Gasteiger partial charge >= 0.3 is 6.09 Å². The van der Waals surface area contributed by atoms with E-state index >= 15 is 0 Å². The summed E-state index contributed by atoms with van der Waals surface area (Å²) in [5, 5.41) is 20.2. The van der Waals surface area contributed by atoms with Crippen LogP contribution in [0.15, 0.2) is 60.9 Å². The molecule has 3 amide bonds. The fourth-order valence-corrected chi connectivity index (χ4v) is 3.57. The molecule has 0 bridgehead atoms. The molecule has 2 aromatic heterocycles. The summed E-state index contributed by atoms with van der Waals surface area (Å²) < 4.78 is 8.42. The maximum Gasteiger partial charge on any atom is 0.412 e. The van der Waals surface area contributed by atoms with Crippen LogP contribution in [0.4, 0.5) is 4.79 Å². The lowest BCUT2D eigenvalue weighted by atomic mass is 10.0. The Morgan fingerprint density at radius 2 is 1.78 bits per heavy atom. The number of rotatable bonds is 9. The van der Waals surface area contributed by atoms with Gasteiger partial charge in [-0.25, -0.2) is 9.48 Å². The van der Waals surface area contributed by atoms with Crippen LogP contribution in [0.2, 0.25) is 0 Å². The molecule has 3 rings (SSSR count). The lowest BCUT2D eigenvalue weighted by molar-refractivity contribution is -0.700. The van der Waals surface area contributed by atoms with E-state index in [2.05, 4.69) is 15.7 Å². The fourth-order valence-electron chi connectivity index (χ4n) is 3.57. The first-order valence-electron chi connectivity index (χ1n) is 11.8. The molecule has 0 spiro atoms. The highest BCUT2D eigenvalue weighted by Crippen LogP contribution is 2.14. The number of carbonyl (C=O) groups excluding carboxylic acids is 3. The van der Waals surface area contributed by atoms with Crippen molar-refractivity contribution in [3.05, 3.63) is 77.9 Å². The maximum absolute atomic E-state index is 13.2. The Hall–Kier alpha value is -4.25. The van der Waals surface area contributed by atoms with Crippen molar-refractivity contribution >= 4 is 17.9 Å². The van der Waals surface area contributed by atoms with Crippen LogP contribution in [0.5, 0.6) is 0 Å². The molecule has 37 heavy (non-hydrogen) atoms. The van der Waals surface area contributed by atoms with Crippen LogP contribution in [0.25, 0.3) is 5.69 Å². The molecule has 5 N–H and O–H groups in total. The highest BCUT2D eigenvalue weighted by molar-refractivity contribution is 5.94. The summed E-state index contributed by atoms with van der Waals surface area (Å²) in [4.78, 5) is 36.8. The molecule has 0 fully saturated rings. The van der Waals surface area contributed by atoms with Crippen molar-refractivity contribution in [1.82, 2.24) is 20.4 Å². The van der Waals surface area contributed by atoms with Crippen LogP contribution in [-0.2, 0) is 22.6 Å². The first kappa shape index (κ1) is 27.3. The predicted molar refractivity (Wildman–Crippen MR) is 134 cm³/mol. The van der Waals surface area contributed by atoms with Crippen LogP contribution in [0.3, 0.4) is 0 Å². The van der Waals surface area contributed by atoms with Gasteiger partial charge in [-0.2, -0.15) is 9.67 Å². The van der Waals surface area contributed by atoms with Crippen molar-refractivity contribution in [2.45, 2.75) is 58.5 Å². The smallest absolute Gasteiger partial charge is 0.412 e. The van der Waals surface area contributed by atoms with Gasteiger partial charge in [0.15, 0.2) is 18.5 Å². The SMILES string of the molecule is Cc1cc(C(=O)N[C@@H](Cc2ccccc2)C(O)C(N)=O)n(-c2cc[n+](CNC(=O)OC(C)(C)C)cc2)n1. The van der Waals surface area contributed by atoms with Gasteiger partial charge in [-0.05, 0) is 45.7 Å². The van der Waals surface area contributed by atoms with E-state index < -0.39 is 35.7 Å². The third kappa shape index (κ3) is 7.87. The van der Waals surface area contributed by atoms with Gasteiger partial charge in [0, 0.05) is 12.1 Å². The third-order valence-corrected chi connectivity index (χ3v) is 5.27. The number of hydrogen-bond donors (Lipinski definition) is 4. The number of hydrogen-bond acceptors (Lipinski definition) is 6. The summed E-state index contributed by atoms with van der Waals surface area (Å²) in [6.07, 6.45) is 1.55. The monoisotopic (exact) mass is 509 g/mol. The molecule has 0 radical (unpaired) electrons. The van der Waals surface area contributed by atoms with Crippen molar-refractivity contribution in [3.8, 4) is 5.69 Å². The topological polar surface area (TPSA) is 152 Å². The zero-order valence-electron chi connectivity index (χ0n) is 21.3. The van der Waals surface area contributed by atoms with E-state index in [0.717, 1.165) is 5.56 Å². The van der Waals surface area contributed by atoms with Crippen molar-refractivity contribution in [3.63, 3.8) is 0 Å². The minimum Gasteiger partial charge on any atom is -0.444 e. The van der Waals surface area contributed by atoms with E-state index in [0.29, 0.717) is 11.4 Å². The number of amides is 3. The summed E-state index contributed by atoms with van der Waals surface area (Å²) in [5.41, 5.74) is 6.97. The largest absolute Gasteiger partial charge is 0.444 e. The number of aliphatic hydroxyl groups is 1. The lowest BCUT2D eigenvalue weighted by Crippen LogP contribution is -2.50. The molecule has 0 aliphatic heterocycles. The van der Waals surface area contributed by atoms with Gasteiger partial charge in [0.05, 0.1) is 17.4 Å². The number of carbonyl (C=O) groups is 3. The molecule has 2 atom stereocenters. The second kappa shape index (κ2) is 11.7. The molecule has 1 aromatic carbocycles. The Morgan fingerprint density at radius 1 is 1.14 bits per heavy atom. The van der Waals surface area contributed by atoms with Gasteiger partial charge < -0.3 is 20.9 Å². The number of nitrogens with one attached hydrogen (secondary N) is 2. The quantitative estimate of drug-likeness (QED) is 0.317. The highest BCUT2D eigenvalue weighted by Gasteiger charge is 2.28. The van der Waals surface area contributed by atoms with Gasteiger partial charge in [-0.15, -0.1) is 0 Å². The molecular formula is C26H33N6O5+. The number of nitrogens with two attached hydrogens (primary N) is 1. The second-order valence-electron chi connectivity index (χ2n) is 9.61. The average molecular weight is 510 g/mol. The zero-order chi connectivity index (χ0) is 27.2. The summed E-state index contributed by atoms with van der Waals surface area (Å²) in [6, 6.07) is 13.3. The Kier molecular flexibility index (Phi) is 8.61. The molecule has 3 aromatic rings. The van der Waals surface area contributed by atoms with E-state index in [9.17, 15) is 19.5 Å². The standard InChI is InChI=1S/C26H32N6O5/c1-17-14-21(24(35)29-20(22(33)23(27)34)15-18-8-6-5-7-9-18)32(30-17)19-10-12-31(13-11-19)16-28-25(36)37-26(2,3)4/h5-14,20,22,33H,15-16H2,1-4H3,(H3-,27,28,29,34,35,36)/p+1/t20-,22?/m0/s1. The number of alkyl carbamates (subject to hydrolysis) is 1. The molecule has 11 nitrogen and oxygen atoms in total. The number of primary amides is 1. The molecule has 0 saturated heterocycles. The molecule has 11 heteroatoms. The minimum absolute atomic E-state index is 0.187. The third-order valence-electron chi connectivity index (χ3n) is 5.27. The molecule has 196 valence electrons. The molecule has 1 unspecified atom stereocenters. The molecule has 0 aliphatic rings. The molecule has 0 saturated carbocycles. The van der Waals surface area contributed by atoms with Gasteiger partial charge in [-0.1, -0.05) is 30.3 Å². The van der Waals surface area contributed by atoms with Crippen LogP contribution in [0, 0.1) is 6.92 Å². The van der Waals surface area contributed by atoms with E-state index in [4.69, 9.17) is 10.5 Å². The Labute approximate surface area is 215 Å². The van der Waals surface area contributed by atoms with Gasteiger partial charge in [0.2, 0.25) is 12.6 Å². The second-order valence-corrected chi connectivity index (χ2v) is 9.61. The number of aliphatic hydroxyl groups excluding tert-OH is 1. The lowest BCUT2D eigenvalue weighted by Gasteiger charge is -2.22. The van der Waals surface area contributed by atoms with Crippen molar-refractivity contribution in [1.29, 1.82) is 0 Å². The summed E-state index contributed by atoms with van der Waals surface area (Å²) in [6.45, 7) is 7.29. The number of ether oxygens (including phenoxy) is 1. The normalized spacial score (nSPS) is 12.9. The van der Waals surface area contributed by atoms with Crippen LogP contribution >= 0.6 is 0 Å². The number of pyridine rings is 1. The minimum atomic E-state index is -1.57. The predicted octanol–water partition coefficient (Wildman–Crippen LogP) is 1.14. The van der Waals surface area contributed by atoms with Crippen LogP contribution in [0.1, 0.15) is 42.5 Å². The first-order chi connectivity index (χ1) is 17.4. The number of aromatic nitrogens is 3. The molecule has 0 aliphatic carbocycles. The van der Waals surface area contributed by atoms with E-state index in [-0.39, 0.29) is 18.8 Å². The van der Waals surface area contributed by atoms with Crippen molar-refractivity contribution in [2.75, 3.05) is 0 Å².